The lowest BCUT2D eigenvalue weighted by Crippen LogP contribution is -2.26. The van der Waals surface area contributed by atoms with Crippen LogP contribution < -0.4 is 14.2 Å². The molecule has 0 atom stereocenters. The molecule has 132 valence electrons. The Morgan fingerprint density at radius 2 is 1.92 bits per heavy atom. The van der Waals surface area contributed by atoms with Crippen molar-refractivity contribution in [2.24, 2.45) is 0 Å². The quantitative estimate of drug-likeness (QED) is 0.867. The second-order valence-electron chi connectivity index (χ2n) is 6.10. The first-order valence-electron chi connectivity index (χ1n) is 8.24. The Balaban J connectivity index is 1.54. The molecule has 0 saturated carbocycles. The minimum absolute atomic E-state index is 0.0970. The fourth-order valence-corrected chi connectivity index (χ4v) is 4.95. The van der Waals surface area contributed by atoms with Gasteiger partial charge < -0.3 is 9.47 Å². The van der Waals surface area contributed by atoms with E-state index in [1.54, 1.807) is 18.2 Å². The number of ether oxygens (including phenoxy) is 2. The van der Waals surface area contributed by atoms with E-state index in [-0.39, 0.29) is 16.5 Å². The molecule has 0 aromatic heterocycles. The van der Waals surface area contributed by atoms with Crippen LogP contribution in [0.3, 0.4) is 0 Å². The lowest BCUT2D eigenvalue weighted by molar-refractivity contribution is 0.353. The highest BCUT2D eigenvalue weighted by Crippen LogP contribution is 2.40. The van der Waals surface area contributed by atoms with E-state index in [1.807, 2.05) is 0 Å². The van der Waals surface area contributed by atoms with Crippen molar-refractivity contribution in [3.8, 4) is 11.5 Å². The molecule has 2 aliphatic heterocycles. The normalized spacial score (nSPS) is 15.4. The highest BCUT2D eigenvalue weighted by atomic mass is 35.5. The third-order valence-corrected chi connectivity index (χ3v) is 6.51. The summed E-state index contributed by atoms with van der Waals surface area (Å²) in [6, 6.07) is 8.48. The topological polar surface area (TPSA) is 64.6 Å². The molecule has 25 heavy (non-hydrogen) atoms. The first-order valence-corrected chi connectivity index (χ1v) is 10.1. The fraction of sp³-hybridized carbons (Fsp3) is 0.333. The van der Waals surface area contributed by atoms with Gasteiger partial charge in [0.1, 0.15) is 16.4 Å². The van der Waals surface area contributed by atoms with Gasteiger partial charge in [-0.25, -0.2) is 13.1 Å². The maximum Gasteiger partial charge on any atom is 0.242 e. The van der Waals surface area contributed by atoms with Gasteiger partial charge in [-0.05, 0) is 24.6 Å². The van der Waals surface area contributed by atoms with Crippen LogP contribution in [-0.4, -0.2) is 28.2 Å². The van der Waals surface area contributed by atoms with E-state index >= 15 is 0 Å². The molecule has 2 aromatic rings. The molecule has 0 aliphatic carbocycles. The molecule has 0 amide bonds. The molecule has 1 N–H and O–H groups in total. The highest BCUT2D eigenvalue weighted by Gasteiger charge is 2.26. The first-order chi connectivity index (χ1) is 12.1. The number of hydrogen-bond donors (Lipinski definition) is 1. The smallest absolute Gasteiger partial charge is 0.242 e. The fourth-order valence-electron chi connectivity index (χ4n) is 3.40. The van der Waals surface area contributed by atoms with E-state index in [1.165, 1.54) is 6.07 Å². The van der Waals surface area contributed by atoms with Gasteiger partial charge in [0.15, 0.2) is 0 Å². The molecular weight excluding hydrogens is 362 g/mol. The summed E-state index contributed by atoms with van der Waals surface area (Å²) >= 11 is 6.00. The second-order valence-corrected chi connectivity index (χ2v) is 8.24. The zero-order chi connectivity index (χ0) is 17.4. The van der Waals surface area contributed by atoms with Crippen molar-refractivity contribution in [2.75, 3.05) is 19.8 Å². The third kappa shape index (κ3) is 3.10. The standard InChI is InChI=1S/C18H18ClNO4S/c19-15-3-1-2-4-17(15)25(21,22)20-8-5-14-13-7-10-23-16(13)11-12-6-9-24-18(12)14/h1-4,11,20H,5-10H2. The zero-order valence-electron chi connectivity index (χ0n) is 13.5. The van der Waals surface area contributed by atoms with Crippen LogP contribution in [0, 0.1) is 0 Å². The van der Waals surface area contributed by atoms with E-state index < -0.39 is 10.0 Å². The second kappa shape index (κ2) is 6.52. The van der Waals surface area contributed by atoms with E-state index in [4.69, 9.17) is 21.1 Å². The van der Waals surface area contributed by atoms with E-state index in [2.05, 4.69) is 10.8 Å². The zero-order valence-corrected chi connectivity index (χ0v) is 15.1. The summed E-state index contributed by atoms with van der Waals surface area (Å²) in [4.78, 5) is 0.0970. The van der Waals surface area contributed by atoms with E-state index in [9.17, 15) is 8.42 Å². The van der Waals surface area contributed by atoms with Gasteiger partial charge in [0.2, 0.25) is 10.0 Å². The van der Waals surface area contributed by atoms with E-state index in [0.717, 1.165) is 41.0 Å². The van der Waals surface area contributed by atoms with Crippen molar-refractivity contribution in [3.63, 3.8) is 0 Å². The summed E-state index contributed by atoms with van der Waals surface area (Å²) < 4.78 is 39.0. The van der Waals surface area contributed by atoms with Crippen molar-refractivity contribution in [3.05, 3.63) is 52.0 Å². The SMILES string of the molecule is O=S(=O)(NCCc1c2c(cc3c1OCC3)OCC2)c1ccccc1Cl. The molecule has 0 bridgehead atoms. The predicted octanol–water partition coefficient (Wildman–Crippen LogP) is 2.73. The van der Waals surface area contributed by atoms with Gasteiger partial charge in [0.25, 0.3) is 0 Å². The Kier molecular flexibility index (Phi) is 4.35. The van der Waals surface area contributed by atoms with Crippen LogP contribution in [0.15, 0.2) is 35.2 Å². The number of sulfonamides is 1. The number of fused-ring (bicyclic) bond motifs is 2. The molecule has 7 heteroatoms. The predicted molar refractivity (Wildman–Crippen MR) is 95.2 cm³/mol. The van der Waals surface area contributed by atoms with Crippen molar-refractivity contribution in [1.29, 1.82) is 0 Å². The van der Waals surface area contributed by atoms with Crippen LogP contribution in [0.5, 0.6) is 11.5 Å². The van der Waals surface area contributed by atoms with Gasteiger partial charge in [-0.3, -0.25) is 0 Å². The molecule has 0 unspecified atom stereocenters. The Labute approximate surface area is 152 Å². The Morgan fingerprint density at radius 1 is 1.12 bits per heavy atom. The number of nitrogens with one attached hydrogen (secondary N) is 1. The molecule has 2 heterocycles. The Hall–Kier alpha value is -1.76. The van der Waals surface area contributed by atoms with Gasteiger partial charge in [0, 0.05) is 36.1 Å². The van der Waals surface area contributed by atoms with Crippen molar-refractivity contribution < 1.29 is 17.9 Å². The molecule has 0 radical (unpaired) electrons. The number of hydrogen-bond acceptors (Lipinski definition) is 4. The van der Waals surface area contributed by atoms with Crippen LogP contribution >= 0.6 is 11.6 Å². The summed E-state index contributed by atoms with van der Waals surface area (Å²) in [5.74, 6) is 1.81. The van der Waals surface area contributed by atoms with Crippen molar-refractivity contribution in [1.82, 2.24) is 4.72 Å². The number of benzene rings is 2. The molecule has 0 spiro atoms. The summed E-state index contributed by atoms with van der Waals surface area (Å²) in [5.41, 5.74) is 3.34. The maximum absolute atomic E-state index is 12.5. The molecule has 2 aromatic carbocycles. The number of rotatable bonds is 5. The molecule has 4 rings (SSSR count). The summed E-state index contributed by atoms with van der Waals surface area (Å²) in [7, 11) is -3.64. The minimum atomic E-state index is -3.64. The molecule has 0 saturated heterocycles. The van der Waals surface area contributed by atoms with Crippen LogP contribution in [0.25, 0.3) is 0 Å². The lowest BCUT2D eigenvalue weighted by atomic mass is 9.97. The Bertz CT molecular complexity index is 895. The van der Waals surface area contributed by atoms with Gasteiger partial charge in [-0.15, -0.1) is 0 Å². The van der Waals surface area contributed by atoms with Gasteiger partial charge in [-0.2, -0.15) is 0 Å². The molecular formula is C18H18ClNO4S. The lowest BCUT2D eigenvalue weighted by Gasteiger charge is -2.14. The monoisotopic (exact) mass is 379 g/mol. The van der Waals surface area contributed by atoms with Crippen LogP contribution in [0.1, 0.15) is 16.7 Å². The van der Waals surface area contributed by atoms with Crippen molar-refractivity contribution in [2.45, 2.75) is 24.2 Å². The van der Waals surface area contributed by atoms with Gasteiger partial charge >= 0.3 is 0 Å². The highest BCUT2D eigenvalue weighted by molar-refractivity contribution is 7.89. The van der Waals surface area contributed by atoms with Crippen LogP contribution in [-0.2, 0) is 29.3 Å². The van der Waals surface area contributed by atoms with E-state index in [0.29, 0.717) is 19.6 Å². The molecule has 2 aliphatic rings. The maximum atomic E-state index is 12.5. The van der Waals surface area contributed by atoms with Gasteiger partial charge in [0.05, 0.1) is 18.2 Å². The average molecular weight is 380 g/mol. The van der Waals surface area contributed by atoms with Crippen LogP contribution in [0.4, 0.5) is 0 Å². The average Bonchev–Trinajstić information content (AvgIpc) is 3.23. The number of halogens is 1. The van der Waals surface area contributed by atoms with Crippen LogP contribution in [0.2, 0.25) is 5.02 Å². The third-order valence-electron chi connectivity index (χ3n) is 4.55. The van der Waals surface area contributed by atoms with Gasteiger partial charge in [-0.1, -0.05) is 23.7 Å². The molecule has 0 fully saturated rings. The summed E-state index contributed by atoms with van der Waals surface area (Å²) in [6.45, 7) is 1.60. The minimum Gasteiger partial charge on any atom is -0.493 e. The molecule has 5 nitrogen and oxygen atoms in total. The Morgan fingerprint density at radius 3 is 2.76 bits per heavy atom. The summed E-state index contributed by atoms with van der Waals surface area (Å²) in [6.07, 6.45) is 2.25. The van der Waals surface area contributed by atoms with Crippen molar-refractivity contribution >= 4 is 21.6 Å². The largest absolute Gasteiger partial charge is 0.493 e. The summed E-state index contributed by atoms with van der Waals surface area (Å²) in [5, 5.41) is 0.216. The first kappa shape index (κ1) is 16.7.